The Hall–Kier alpha value is -2.57. The van der Waals surface area contributed by atoms with Gasteiger partial charge in [0, 0.05) is 24.7 Å². The fourth-order valence-corrected chi connectivity index (χ4v) is 2.72. The molecular formula is C17H20N4O3. The Labute approximate surface area is 140 Å². The molecule has 1 saturated carbocycles. The maximum absolute atomic E-state index is 12.2. The highest BCUT2D eigenvalue weighted by Gasteiger charge is 2.37. The number of aromatic nitrogens is 2. The van der Waals surface area contributed by atoms with Crippen molar-refractivity contribution in [1.29, 1.82) is 0 Å². The maximum Gasteiger partial charge on any atom is 0.321 e. The zero-order chi connectivity index (χ0) is 16.5. The van der Waals surface area contributed by atoms with E-state index in [-0.39, 0.29) is 11.9 Å². The molecule has 0 radical (unpaired) electrons. The van der Waals surface area contributed by atoms with Crippen molar-refractivity contribution in [3.05, 3.63) is 36.0 Å². The Morgan fingerprint density at radius 1 is 1.29 bits per heavy atom. The number of anilines is 1. The number of ether oxygens (including phenoxy) is 1. The van der Waals surface area contributed by atoms with Gasteiger partial charge in [0.2, 0.25) is 5.89 Å². The zero-order valence-electron chi connectivity index (χ0n) is 13.6. The quantitative estimate of drug-likeness (QED) is 0.912. The lowest BCUT2D eigenvalue weighted by Gasteiger charge is -2.36. The van der Waals surface area contributed by atoms with Crippen molar-refractivity contribution in [1.82, 2.24) is 15.0 Å². The van der Waals surface area contributed by atoms with Crippen molar-refractivity contribution in [3.63, 3.8) is 0 Å². The molecule has 1 aromatic carbocycles. The van der Waals surface area contributed by atoms with Crippen molar-refractivity contribution < 1.29 is 14.1 Å². The first kappa shape index (κ1) is 15.0. The van der Waals surface area contributed by atoms with Crippen molar-refractivity contribution in [2.45, 2.75) is 31.6 Å². The van der Waals surface area contributed by atoms with Crippen LogP contribution < -0.4 is 10.1 Å². The lowest BCUT2D eigenvalue weighted by atomic mass is 10.0. The van der Waals surface area contributed by atoms with E-state index in [2.05, 4.69) is 15.5 Å². The highest BCUT2D eigenvalue weighted by molar-refractivity contribution is 5.90. The van der Waals surface area contributed by atoms with E-state index in [1.807, 2.05) is 31.2 Å². The lowest BCUT2D eigenvalue weighted by Crippen LogP contribution is -2.50. The number of urea groups is 1. The molecule has 1 aromatic heterocycles. The van der Waals surface area contributed by atoms with Crippen LogP contribution in [0.2, 0.25) is 0 Å². The molecule has 1 aliphatic carbocycles. The first-order valence-corrected chi connectivity index (χ1v) is 8.35. The Balaban J connectivity index is 1.28. The molecule has 0 atom stereocenters. The number of likely N-dealkylation sites (tertiary alicyclic amines) is 1. The maximum atomic E-state index is 12.2. The summed E-state index contributed by atoms with van der Waals surface area (Å²) in [6.07, 6.45) is 2.31. The topological polar surface area (TPSA) is 80.5 Å². The summed E-state index contributed by atoms with van der Waals surface area (Å²) >= 11 is 0. The fraction of sp³-hybridized carbons (Fsp3) is 0.471. The van der Waals surface area contributed by atoms with Gasteiger partial charge >= 0.3 is 6.03 Å². The van der Waals surface area contributed by atoms with Crippen LogP contribution in [0.5, 0.6) is 5.75 Å². The van der Waals surface area contributed by atoms with Gasteiger partial charge in [-0.2, -0.15) is 4.98 Å². The highest BCUT2D eigenvalue weighted by Crippen LogP contribution is 2.39. The molecule has 126 valence electrons. The Morgan fingerprint density at radius 3 is 2.71 bits per heavy atom. The van der Waals surface area contributed by atoms with Crippen molar-refractivity contribution >= 4 is 11.7 Å². The van der Waals surface area contributed by atoms with Crippen LogP contribution in [-0.2, 0) is 0 Å². The minimum atomic E-state index is -0.114. The van der Waals surface area contributed by atoms with Crippen LogP contribution >= 0.6 is 0 Å². The summed E-state index contributed by atoms with van der Waals surface area (Å²) in [5.41, 5.74) is 0.751. The molecule has 7 heteroatoms. The van der Waals surface area contributed by atoms with Gasteiger partial charge in [-0.05, 0) is 44.0 Å². The molecule has 7 nitrogen and oxygen atoms in total. The van der Waals surface area contributed by atoms with Gasteiger partial charge in [0.15, 0.2) is 5.82 Å². The number of hydrogen-bond acceptors (Lipinski definition) is 5. The molecule has 4 rings (SSSR count). The number of amides is 2. The van der Waals surface area contributed by atoms with Gasteiger partial charge in [0.05, 0.1) is 12.5 Å². The fourth-order valence-electron chi connectivity index (χ4n) is 2.72. The van der Waals surface area contributed by atoms with Crippen LogP contribution in [0.25, 0.3) is 0 Å². The van der Waals surface area contributed by atoms with Crippen LogP contribution in [0, 0.1) is 0 Å². The SMILES string of the molecule is CCOc1ccc(NC(=O)N2CC(c3nc(C4CC4)no3)C2)cc1. The largest absolute Gasteiger partial charge is 0.494 e. The van der Waals surface area contributed by atoms with Gasteiger partial charge in [0.25, 0.3) is 0 Å². The molecule has 2 aromatic rings. The van der Waals surface area contributed by atoms with E-state index in [4.69, 9.17) is 9.26 Å². The molecule has 2 amide bonds. The van der Waals surface area contributed by atoms with Gasteiger partial charge in [-0.1, -0.05) is 5.16 Å². The van der Waals surface area contributed by atoms with Gasteiger partial charge in [-0.25, -0.2) is 4.79 Å². The number of rotatable bonds is 5. The number of carbonyl (C=O) groups is 1. The summed E-state index contributed by atoms with van der Waals surface area (Å²) < 4.78 is 10.7. The summed E-state index contributed by atoms with van der Waals surface area (Å²) in [4.78, 5) is 18.4. The van der Waals surface area contributed by atoms with Crippen LogP contribution in [0.4, 0.5) is 10.5 Å². The Kier molecular flexibility index (Phi) is 3.84. The second-order valence-corrected chi connectivity index (χ2v) is 6.25. The van der Waals surface area contributed by atoms with Crippen LogP contribution in [0.15, 0.2) is 28.8 Å². The third-order valence-electron chi connectivity index (χ3n) is 4.33. The van der Waals surface area contributed by atoms with Crippen LogP contribution in [0.3, 0.4) is 0 Å². The van der Waals surface area contributed by atoms with Crippen molar-refractivity contribution in [2.75, 3.05) is 25.0 Å². The Morgan fingerprint density at radius 2 is 2.04 bits per heavy atom. The average Bonchev–Trinajstić information content (AvgIpc) is 3.27. The molecule has 0 unspecified atom stereocenters. The van der Waals surface area contributed by atoms with E-state index in [1.165, 1.54) is 0 Å². The standard InChI is InChI=1S/C17H20N4O3/c1-2-23-14-7-5-13(6-8-14)18-17(22)21-9-12(10-21)16-19-15(20-24-16)11-3-4-11/h5-8,11-12H,2-4,9-10H2,1H3,(H,18,22). The second-order valence-electron chi connectivity index (χ2n) is 6.25. The molecule has 24 heavy (non-hydrogen) atoms. The van der Waals surface area contributed by atoms with E-state index in [9.17, 15) is 4.79 Å². The molecule has 1 N–H and O–H groups in total. The molecular weight excluding hydrogens is 308 g/mol. The van der Waals surface area contributed by atoms with Gasteiger partial charge < -0.3 is 19.5 Å². The number of nitrogens with one attached hydrogen (secondary N) is 1. The number of hydrogen-bond donors (Lipinski definition) is 1. The third-order valence-corrected chi connectivity index (χ3v) is 4.33. The van der Waals surface area contributed by atoms with E-state index in [0.29, 0.717) is 31.5 Å². The van der Waals surface area contributed by atoms with Crippen LogP contribution in [0.1, 0.15) is 43.3 Å². The third kappa shape index (κ3) is 3.06. The number of nitrogens with zero attached hydrogens (tertiary/aromatic N) is 3. The number of carbonyl (C=O) groups excluding carboxylic acids is 1. The monoisotopic (exact) mass is 328 g/mol. The summed E-state index contributed by atoms with van der Waals surface area (Å²) in [6, 6.07) is 7.24. The molecule has 1 saturated heterocycles. The molecule has 2 heterocycles. The van der Waals surface area contributed by atoms with Crippen LogP contribution in [-0.4, -0.2) is 40.8 Å². The summed E-state index contributed by atoms with van der Waals surface area (Å²) in [7, 11) is 0. The van der Waals surface area contributed by atoms with Gasteiger partial charge in [0.1, 0.15) is 5.75 Å². The molecule has 0 bridgehead atoms. The minimum Gasteiger partial charge on any atom is -0.494 e. The average molecular weight is 328 g/mol. The van der Waals surface area contributed by atoms with E-state index in [1.54, 1.807) is 4.90 Å². The van der Waals surface area contributed by atoms with Gasteiger partial charge in [-0.3, -0.25) is 0 Å². The predicted octanol–water partition coefficient (Wildman–Crippen LogP) is 2.98. The van der Waals surface area contributed by atoms with Crippen molar-refractivity contribution in [2.24, 2.45) is 0 Å². The molecule has 2 fully saturated rings. The second kappa shape index (κ2) is 6.14. The van der Waals surface area contributed by atoms with E-state index in [0.717, 1.165) is 30.1 Å². The minimum absolute atomic E-state index is 0.114. The zero-order valence-corrected chi connectivity index (χ0v) is 13.6. The summed E-state index contributed by atoms with van der Waals surface area (Å²) in [6.45, 7) is 3.77. The Bertz CT molecular complexity index is 718. The van der Waals surface area contributed by atoms with E-state index < -0.39 is 0 Å². The predicted molar refractivity (Wildman–Crippen MR) is 87.2 cm³/mol. The molecule has 1 aliphatic heterocycles. The highest BCUT2D eigenvalue weighted by atomic mass is 16.5. The normalized spacial score (nSPS) is 17.5. The summed E-state index contributed by atoms with van der Waals surface area (Å²) in [5, 5.41) is 6.91. The first-order chi connectivity index (χ1) is 11.7. The molecule has 2 aliphatic rings. The number of benzene rings is 1. The summed E-state index contributed by atoms with van der Waals surface area (Å²) in [5.74, 6) is 2.91. The van der Waals surface area contributed by atoms with E-state index >= 15 is 0 Å². The van der Waals surface area contributed by atoms with Crippen molar-refractivity contribution in [3.8, 4) is 5.75 Å². The smallest absolute Gasteiger partial charge is 0.321 e. The first-order valence-electron chi connectivity index (χ1n) is 8.35. The molecule has 0 spiro atoms. The lowest BCUT2D eigenvalue weighted by molar-refractivity contribution is 0.147. The van der Waals surface area contributed by atoms with Gasteiger partial charge in [-0.15, -0.1) is 0 Å².